The fraction of sp³-hybridized carbons (Fsp3) is 0.233. The van der Waals surface area contributed by atoms with Crippen LogP contribution in [-0.4, -0.2) is 38.1 Å². The molecule has 1 amide bonds. The van der Waals surface area contributed by atoms with Gasteiger partial charge in [0.05, 0.1) is 11.5 Å². The van der Waals surface area contributed by atoms with Crippen molar-refractivity contribution in [2.75, 3.05) is 5.75 Å². The van der Waals surface area contributed by atoms with Gasteiger partial charge in [0.2, 0.25) is 0 Å². The number of carbonyl (C=O) groups excluding carboxylic acids is 2. The van der Waals surface area contributed by atoms with Gasteiger partial charge in [0.25, 0.3) is 5.91 Å². The summed E-state index contributed by atoms with van der Waals surface area (Å²) in [7, 11) is 0. The van der Waals surface area contributed by atoms with Crippen molar-refractivity contribution in [2.24, 2.45) is 5.10 Å². The molecule has 1 aromatic heterocycles. The first kappa shape index (κ1) is 27.8. The van der Waals surface area contributed by atoms with E-state index in [2.05, 4.69) is 65.8 Å². The lowest BCUT2D eigenvalue weighted by atomic mass is 9.87. The zero-order chi connectivity index (χ0) is 28.0. The van der Waals surface area contributed by atoms with Gasteiger partial charge in [-0.1, -0.05) is 75.0 Å². The quantitative estimate of drug-likeness (QED) is 0.0997. The van der Waals surface area contributed by atoms with Gasteiger partial charge in [-0.2, -0.15) is 5.10 Å². The number of benzene rings is 3. The Balaban J connectivity index is 1.48. The first-order valence-electron chi connectivity index (χ1n) is 12.5. The highest BCUT2D eigenvalue weighted by Crippen LogP contribution is 2.30. The van der Waals surface area contributed by atoms with Gasteiger partial charge >= 0.3 is 5.97 Å². The predicted octanol–water partition coefficient (Wildman–Crippen LogP) is 5.79. The molecule has 0 fully saturated rings. The van der Waals surface area contributed by atoms with Crippen LogP contribution >= 0.6 is 11.8 Å². The number of hydrogen-bond donors (Lipinski definition) is 1. The molecule has 0 saturated heterocycles. The molecule has 9 heteroatoms. The van der Waals surface area contributed by atoms with Gasteiger partial charge in [-0.15, -0.1) is 10.2 Å². The molecule has 4 rings (SSSR count). The molecule has 0 aliphatic rings. The van der Waals surface area contributed by atoms with Crippen LogP contribution in [0.3, 0.4) is 0 Å². The topological polar surface area (TPSA) is 98.5 Å². The van der Waals surface area contributed by atoms with E-state index in [1.807, 2.05) is 34.9 Å². The molecule has 0 aliphatic carbocycles. The summed E-state index contributed by atoms with van der Waals surface area (Å²) in [5, 5.41) is 13.7. The van der Waals surface area contributed by atoms with Gasteiger partial charge in [-0.05, 0) is 59.9 Å². The Hall–Kier alpha value is -4.24. The molecule has 0 spiro atoms. The minimum Gasteiger partial charge on any atom is -0.427 e. The molecule has 0 atom stereocenters. The fourth-order valence-corrected chi connectivity index (χ4v) is 4.53. The third kappa shape index (κ3) is 7.20. The van der Waals surface area contributed by atoms with E-state index in [0.717, 1.165) is 16.8 Å². The number of para-hydroxylation sites is 1. The number of hydrogen-bond acceptors (Lipinski definition) is 7. The Morgan fingerprint density at radius 3 is 2.21 bits per heavy atom. The van der Waals surface area contributed by atoms with Gasteiger partial charge < -0.3 is 4.74 Å². The van der Waals surface area contributed by atoms with Crippen molar-refractivity contribution in [3.63, 3.8) is 0 Å². The van der Waals surface area contributed by atoms with Gasteiger partial charge in [-0.25, -0.2) is 5.43 Å². The Morgan fingerprint density at radius 1 is 0.923 bits per heavy atom. The highest BCUT2D eigenvalue weighted by Gasteiger charge is 2.19. The third-order valence-corrected chi connectivity index (χ3v) is 6.80. The number of esters is 1. The fourth-order valence-electron chi connectivity index (χ4n) is 3.78. The normalized spacial score (nSPS) is 11.8. The number of nitrogens with one attached hydrogen (secondary N) is 1. The zero-order valence-corrected chi connectivity index (χ0v) is 23.5. The largest absolute Gasteiger partial charge is 0.427 e. The second kappa shape index (κ2) is 12.1. The van der Waals surface area contributed by atoms with Gasteiger partial charge in [-0.3, -0.25) is 14.2 Å². The molecule has 0 unspecified atom stereocenters. The molecule has 3 aromatic carbocycles. The summed E-state index contributed by atoms with van der Waals surface area (Å²) in [4.78, 5) is 23.7. The van der Waals surface area contributed by atoms with Crippen LogP contribution in [0.25, 0.3) is 17.1 Å². The molecule has 0 radical (unpaired) electrons. The number of amides is 1. The molecule has 8 nitrogen and oxygen atoms in total. The van der Waals surface area contributed by atoms with E-state index < -0.39 is 0 Å². The van der Waals surface area contributed by atoms with Crippen LogP contribution in [-0.2, 0) is 15.0 Å². The highest BCUT2D eigenvalue weighted by molar-refractivity contribution is 7.99. The summed E-state index contributed by atoms with van der Waals surface area (Å²) in [6.45, 7) is 9.68. The van der Waals surface area contributed by atoms with Crippen LogP contribution in [0.1, 0.15) is 45.7 Å². The van der Waals surface area contributed by atoms with Crippen molar-refractivity contribution in [1.29, 1.82) is 0 Å². The van der Waals surface area contributed by atoms with Crippen LogP contribution in [0, 0.1) is 0 Å². The third-order valence-electron chi connectivity index (χ3n) is 5.87. The standard InChI is InChI=1S/C30H31N5O3S/c1-20(22-13-17-26(18-14-22)38-21(2)36)31-32-27(37)19-39-29-34-33-28(35(29)25-9-7-6-8-10-25)23-11-15-24(16-12-23)30(3,4)5/h6-18H,19H2,1-5H3,(H,32,37)/b31-20+. The molecule has 200 valence electrons. The Labute approximate surface area is 232 Å². The average Bonchev–Trinajstić information content (AvgIpc) is 3.34. The monoisotopic (exact) mass is 541 g/mol. The maximum absolute atomic E-state index is 12.6. The first-order valence-corrected chi connectivity index (χ1v) is 13.5. The van der Waals surface area contributed by atoms with E-state index in [-0.39, 0.29) is 23.0 Å². The lowest BCUT2D eigenvalue weighted by molar-refractivity contribution is -0.131. The molecular weight excluding hydrogens is 510 g/mol. The van der Waals surface area contributed by atoms with Crippen LogP contribution in [0.2, 0.25) is 0 Å². The van der Waals surface area contributed by atoms with Crippen molar-refractivity contribution in [3.8, 4) is 22.8 Å². The summed E-state index contributed by atoms with van der Waals surface area (Å²) in [5.41, 5.74) is 7.15. The molecule has 39 heavy (non-hydrogen) atoms. The minimum atomic E-state index is -0.383. The summed E-state index contributed by atoms with van der Waals surface area (Å²) >= 11 is 1.29. The van der Waals surface area contributed by atoms with E-state index in [1.165, 1.54) is 24.2 Å². The Bertz CT molecular complexity index is 1470. The second-order valence-corrected chi connectivity index (χ2v) is 10.9. The second-order valence-electron chi connectivity index (χ2n) is 9.94. The summed E-state index contributed by atoms with van der Waals surface area (Å²) in [6, 6.07) is 25.1. The van der Waals surface area contributed by atoms with Crippen LogP contribution in [0.4, 0.5) is 0 Å². The van der Waals surface area contributed by atoms with Gasteiger partial charge in [0.15, 0.2) is 11.0 Å². The van der Waals surface area contributed by atoms with E-state index in [1.54, 1.807) is 31.2 Å². The number of thioether (sulfide) groups is 1. The summed E-state index contributed by atoms with van der Waals surface area (Å²) in [5.74, 6) is 0.610. The number of rotatable bonds is 8. The smallest absolute Gasteiger partial charge is 0.308 e. The lowest BCUT2D eigenvalue weighted by Crippen LogP contribution is -2.21. The zero-order valence-electron chi connectivity index (χ0n) is 22.6. The number of carbonyl (C=O) groups is 2. The number of hydrazone groups is 1. The maximum Gasteiger partial charge on any atom is 0.308 e. The van der Waals surface area contributed by atoms with Gasteiger partial charge in [0.1, 0.15) is 5.75 Å². The number of aromatic nitrogens is 3. The average molecular weight is 542 g/mol. The van der Waals surface area contributed by atoms with Crippen LogP contribution in [0.5, 0.6) is 5.75 Å². The van der Waals surface area contributed by atoms with Crippen molar-refractivity contribution in [2.45, 2.75) is 45.2 Å². The first-order chi connectivity index (χ1) is 18.6. The predicted molar refractivity (Wildman–Crippen MR) is 154 cm³/mol. The van der Waals surface area contributed by atoms with E-state index in [4.69, 9.17) is 4.74 Å². The van der Waals surface area contributed by atoms with E-state index in [0.29, 0.717) is 22.4 Å². The van der Waals surface area contributed by atoms with Crippen molar-refractivity contribution in [1.82, 2.24) is 20.2 Å². The minimum absolute atomic E-state index is 0.0498. The molecule has 1 N–H and O–H groups in total. The number of nitrogens with zero attached hydrogens (tertiary/aromatic N) is 4. The van der Waals surface area contributed by atoms with Crippen molar-refractivity contribution < 1.29 is 14.3 Å². The van der Waals surface area contributed by atoms with Crippen molar-refractivity contribution >= 4 is 29.4 Å². The number of ether oxygens (including phenoxy) is 1. The van der Waals surface area contributed by atoms with Gasteiger partial charge in [0, 0.05) is 18.2 Å². The maximum atomic E-state index is 12.6. The molecule has 0 aliphatic heterocycles. The Morgan fingerprint density at radius 2 is 1.59 bits per heavy atom. The lowest BCUT2D eigenvalue weighted by Gasteiger charge is -2.19. The SMILES string of the molecule is CC(=O)Oc1ccc(/C(C)=N/NC(=O)CSc2nnc(-c3ccc(C(C)(C)C)cc3)n2-c2ccccc2)cc1. The molecule has 4 aromatic rings. The van der Waals surface area contributed by atoms with Crippen LogP contribution in [0.15, 0.2) is 89.1 Å². The molecule has 0 bridgehead atoms. The molecular formula is C30H31N5O3S. The van der Waals surface area contributed by atoms with Crippen LogP contribution < -0.4 is 10.2 Å². The van der Waals surface area contributed by atoms with Crippen molar-refractivity contribution in [3.05, 3.63) is 90.0 Å². The van der Waals surface area contributed by atoms with E-state index in [9.17, 15) is 9.59 Å². The summed E-state index contributed by atoms with van der Waals surface area (Å²) in [6.07, 6.45) is 0. The summed E-state index contributed by atoms with van der Waals surface area (Å²) < 4.78 is 7.01. The molecule has 0 saturated carbocycles. The Kier molecular flexibility index (Phi) is 8.61. The highest BCUT2D eigenvalue weighted by atomic mass is 32.2. The molecule has 1 heterocycles. The van der Waals surface area contributed by atoms with E-state index >= 15 is 0 Å².